The third-order valence-electron chi connectivity index (χ3n) is 2.28. The Morgan fingerprint density at radius 3 is 2.55 bits per heavy atom. The molecule has 3 N–H and O–H groups in total. The van der Waals surface area contributed by atoms with Crippen molar-refractivity contribution >= 4 is 35.1 Å². The Kier molecular flexibility index (Phi) is 6.66. The van der Waals surface area contributed by atoms with Crippen LogP contribution in [0.15, 0.2) is 29.4 Å². The van der Waals surface area contributed by atoms with Gasteiger partial charge in [0.25, 0.3) is 0 Å². The van der Waals surface area contributed by atoms with Gasteiger partial charge in [-0.25, -0.2) is 0 Å². The van der Waals surface area contributed by atoms with Crippen molar-refractivity contribution in [1.82, 2.24) is 10.7 Å². The molecule has 108 valence electrons. The number of hydrogen-bond acceptors (Lipinski definition) is 3. The lowest BCUT2D eigenvalue weighted by Crippen LogP contribution is -2.34. The predicted octanol–water partition coefficient (Wildman–Crippen LogP) is 2.10. The lowest BCUT2D eigenvalue weighted by Gasteiger charge is -2.08. The summed E-state index contributed by atoms with van der Waals surface area (Å²) in [5.74, 6) is 0.440. The average molecular weight is 292 g/mol. The van der Waals surface area contributed by atoms with Crippen molar-refractivity contribution in [3.8, 4) is 0 Å². The number of carbonyl (C=O) groups excluding carboxylic acids is 1. The van der Waals surface area contributed by atoms with Crippen LogP contribution in [0.4, 0.5) is 5.69 Å². The zero-order valence-electron chi connectivity index (χ0n) is 11.9. The van der Waals surface area contributed by atoms with Crippen molar-refractivity contribution < 1.29 is 4.79 Å². The number of benzene rings is 1. The third-order valence-corrected chi connectivity index (χ3v) is 2.52. The Bertz CT molecular complexity index is 482. The predicted molar refractivity (Wildman–Crippen MR) is 86.9 cm³/mol. The first-order valence-electron chi connectivity index (χ1n) is 6.42. The molecule has 6 heteroatoms. The molecule has 0 bridgehead atoms. The fraction of sp³-hybridized carbons (Fsp3) is 0.357. The minimum atomic E-state index is -0.0883. The second-order valence-corrected chi connectivity index (χ2v) is 5.19. The van der Waals surface area contributed by atoms with E-state index in [1.165, 1.54) is 6.92 Å². The van der Waals surface area contributed by atoms with Crippen molar-refractivity contribution in [1.29, 1.82) is 0 Å². The highest BCUT2D eigenvalue weighted by Gasteiger charge is 1.96. The first kappa shape index (κ1) is 16.1. The van der Waals surface area contributed by atoms with E-state index in [1.807, 2.05) is 24.3 Å². The number of thiocarbonyl (C=S) groups is 1. The fourth-order valence-corrected chi connectivity index (χ4v) is 1.49. The Balaban J connectivity index is 2.42. The molecule has 0 spiro atoms. The minimum Gasteiger partial charge on any atom is -0.361 e. The van der Waals surface area contributed by atoms with Crippen molar-refractivity contribution in [2.45, 2.75) is 20.8 Å². The van der Waals surface area contributed by atoms with E-state index < -0.39 is 0 Å². The highest BCUT2D eigenvalue weighted by Crippen LogP contribution is 2.07. The van der Waals surface area contributed by atoms with E-state index in [-0.39, 0.29) is 5.91 Å². The summed E-state index contributed by atoms with van der Waals surface area (Å²) in [5, 5.41) is 10.3. The van der Waals surface area contributed by atoms with E-state index in [2.05, 4.69) is 35.0 Å². The zero-order valence-corrected chi connectivity index (χ0v) is 12.8. The number of amides is 1. The minimum absolute atomic E-state index is 0.0883. The molecule has 1 amide bonds. The quantitative estimate of drug-likeness (QED) is 0.442. The first-order chi connectivity index (χ1) is 9.47. The first-order valence-corrected chi connectivity index (χ1v) is 6.82. The standard InChI is InChI=1S/C14H20N4OS/c1-10(2)8-15-14(20)18-16-9-12-4-6-13(7-5-12)17-11(3)19/h4-7,9-10H,8H2,1-3H3,(H,17,19)(H2,15,18,20). The molecule has 0 aliphatic carbocycles. The molecular weight excluding hydrogens is 272 g/mol. The molecule has 1 rings (SSSR count). The van der Waals surface area contributed by atoms with Crippen molar-refractivity contribution in [3.63, 3.8) is 0 Å². The van der Waals surface area contributed by atoms with E-state index in [1.54, 1.807) is 6.21 Å². The molecule has 20 heavy (non-hydrogen) atoms. The molecule has 0 aliphatic heterocycles. The average Bonchev–Trinajstić information content (AvgIpc) is 2.38. The number of rotatable bonds is 5. The molecule has 0 aromatic heterocycles. The van der Waals surface area contributed by atoms with Crippen LogP contribution in [0.1, 0.15) is 26.3 Å². The van der Waals surface area contributed by atoms with Crippen LogP contribution in [0.2, 0.25) is 0 Å². The van der Waals surface area contributed by atoms with Crippen LogP contribution in [0, 0.1) is 5.92 Å². The Labute approximate surface area is 124 Å². The van der Waals surface area contributed by atoms with Crippen LogP contribution < -0.4 is 16.1 Å². The summed E-state index contributed by atoms with van der Waals surface area (Å²) in [5.41, 5.74) is 4.43. The summed E-state index contributed by atoms with van der Waals surface area (Å²) in [4.78, 5) is 10.9. The van der Waals surface area contributed by atoms with Gasteiger partial charge in [-0.15, -0.1) is 0 Å². The van der Waals surface area contributed by atoms with Crippen LogP contribution in [-0.4, -0.2) is 23.8 Å². The normalized spacial score (nSPS) is 10.6. The summed E-state index contributed by atoms with van der Waals surface area (Å²) < 4.78 is 0. The number of hydrogen-bond donors (Lipinski definition) is 3. The molecule has 1 aromatic rings. The van der Waals surface area contributed by atoms with Crippen LogP contribution in [0.5, 0.6) is 0 Å². The lowest BCUT2D eigenvalue weighted by molar-refractivity contribution is -0.114. The molecule has 0 radical (unpaired) electrons. The second kappa shape index (κ2) is 8.27. The number of hydrazone groups is 1. The van der Waals surface area contributed by atoms with Gasteiger partial charge in [-0.05, 0) is 35.8 Å². The van der Waals surface area contributed by atoms with E-state index in [4.69, 9.17) is 12.2 Å². The summed E-state index contributed by atoms with van der Waals surface area (Å²) in [6, 6.07) is 7.36. The molecular formula is C14H20N4OS. The maximum absolute atomic E-state index is 10.9. The molecule has 0 saturated heterocycles. The van der Waals surface area contributed by atoms with Gasteiger partial charge >= 0.3 is 0 Å². The molecule has 0 aliphatic rings. The smallest absolute Gasteiger partial charge is 0.221 e. The van der Waals surface area contributed by atoms with Gasteiger partial charge in [0, 0.05) is 19.2 Å². The highest BCUT2D eigenvalue weighted by molar-refractivity contribution is 7.80. The van der Waals surface area contributed by atoms with Gasteiger partial charge < -0.3 is 10.6 Å². The zero-order chi connectivity index (χ0) is 15.0. The van der Waals surface area contributed by atoms with Crippen LogP contribution in [-0.2, 0) is 4.79 Å². The van der Waals surface area contributed by atoms with E-state index in [0.29, 0.717) is 11.0 Å². The van der Waals surface area contributed by atoms with Crippen LogP contribution in [0.3, 0.4) is 0 Å². The number of carbonyl (C=O) groups is 1. The van der Waals surface area contributed by atoms with Gasteiger partial charge in [-0.2, -0.15) is 5.10 Å². The molecule has 5 nitrogen and oxygen atoms in total. The summed E-state index contributed by atoms with van der Waals surface area (Å²) in [7, 11) is 0. The summed E-state index contributed by atoms with van der Waals surface area (Å²) in [6.45, 7) is 6.50. The van der Waals surface area contributed by atoms with Crippen LogP contribution >= 0.6 is 12.2 Å². The lowest BCUT2D eigenvalue weighted by atomic mass is 10.2. The van der Waals surface area contributed by atoms with Gasteiger partial charge in [0.15, 0.2) is 5.11 Å². The molecule has 0 fully saturated rings. The maximum atomic E-state index is 10.9. The SMILES string of the molecule is CC(=O)Nc1ccc(C=NNC(=S)NCC(C)C)cc1. The second-order valence-electron chi connectivity index (χ2n) is 4.78. The number of anilines is 1. The monoisotopic (exact) mass is 292 g/mol. The number of nitrogens with zero attached hydrogens (tertiary/aromatic N) is 1. The van der Waals surface area contributed by atoms with Gasteiger partial charge in [-0.3, -0.25) is 10.2 Å². The molecule has 0 atom stereocenters. The summed E-state index contributed by atoms with van der Waals surface area (Å²) >= 11 is 5.07. The molecule has 0 unspecified atom stereocenters. The molecule has 1 aromatic carbocycles. The van der Waals surface area contributed by atoms with E-state index in [9.17, 15) is 4.79 Å². The van der Waals surface area contributed by atoms with E-state index >= 15 is 0 Å². The van der Waals surface area contributed by atoms with Crippen molar-refractivity contribution in [3.05, 3.63) is 29.8 Å². The highest BCUT2D eigenvalue weighted by atomic mass is 32.1. The van der Waals surface area contributed by atoms with Gasteiger partial charge in [0.2, 0.25) is 5.91 Å². The van der Waals surface area contributed by atoms with Crippen molar-refractivity contribution in [2.75, 3.05) is 11.9 Å². The molecule has 0 heterocycles. The van der Waals surface area contributed by atoms with Crippen molar-refractivity contribution in [2.24, 2.45) is 11.0 Å². The van der Waals surface area contributed by atoms with Gasteiger partial charge in [0.05, 0.1) is 6.21 Å². The summed E-state index contributed by atoms with van der Waals surface area (Å²) in [6.07, 6.45) is 1.67. The number of nitrogens with one attached hydrogen (secondary N) is 3. The van der Waals surface area contributed by atoms with E-state index in [0.717, 1.165) is 17.8 Å². The third kappa shape index (κ3) is 6.84. The Morgan fingerprint density at radius 1 is 1.35 bits per heavy atom. The van der Waals surface area contributed by atoms with Gasteiger partial charge in [-0.1, -0.05) is 26.0 Å². The van der Waals surface area contributed by atoms with Crippen LogP contribution in [0.25, 0.3) is 0 Å². The maximum Gasteiger partial charge on any atom is 0.221 e. The Morgan fingerprint density at radius 2 is 2.00 bits per heavy atom. The topological polar surface area (TPSA) is 65.5 Å². The Hall–Kier alpha value is -1.95. The van der Waals surface area contributed by atoms with Gasteiger partial charge in [0.1, 0.15) is 0 Å². The fourth-order valence-electron chi connectivity index (χ4n) is 1.36. The largest absolute Gasteiger partial charge is 0.361 e. The molecule has 0 saturated carbocycles.